The predicted molar refractivity (Wildman–Crippen MR) is 103 cm³/mol. The number of hydrogen-bond acceptors (Lipinski definition) is 6. The van der Waals surface area contributed by atoms with Crippen molar-refractivity contribution in [1.82, 2.24) is 4.90 Å². The maximum absolute atomic E-state index is 12.7. The zero-order chi connectivity index (χ0) is 20.4. The standard InChI is InChI=1S/C19H17Cl2NO6/c1-26-7-5-22-15(13-4-3-6-28-13)14(17(24)19(22)25)16(23)10-8-11(20)18(27-2)12(21)9-10/h3-4,6,8-9,15,23H,5,7H2,1-2H3/b16-14-. The van der Waals surface area contributed by atoms with Crippen LogP contribution in [-0.4, -0.2) is 49.1 Å². The molecule has 3 rings (SSSR count). The number of methoxy groups -OCH3 is 2. The quantitative estimate of drug-likeness (QED) is 0.431. The van der Waals surface area contributed by atoms with E-state index in [1.165, 1.54) is 37.5 Å². The average molecular weight is 426 g/mol. The van der Waals surface area contributed by atoms with Crippen LogP contribution in [-0.2, 0) is 14.3 Å². The number of Topliss-reactive ketones (excluding diaryl/α,β-unsaturated/α-hetero) is 1. The Bertz CT molecular complexity index is 915. The summed E-state index contributed by atoms with van der Waals surface area (Å²) in [5.74, 6) is -1.43. The van der Waals surface area contributed by atoms with E-state index in [0.29, 0.717) is 5.76 Å². The molecular formula is C19H17Cl2NO6. The minimum atomic E-state index is -0.898. The normalized spacial score (nSPS) is 18.7. The van der Waals surface area contributed by atoms with E-state index in [4.69, 9.17) is 37.1 Å². The number of nitrogens with zero attached hydrogens (tertiary/aromatic N) is 1. The van der Waals surface area contributed by atoms with Gasteiger partial charge in [-0.1, -0.05) is 23.2 Å². The van der Waals surface area contributed by atoms with Gasteiger partial charge in [0, 0.05) is 19.2 Å². The second-order valence-electron chi connectivity index (χ2n) is 5.97. The molecule has 1 unspecified atom stereocenters. The first-order valence-corrected chi connectivity index (χ1v) is 9.00. The summed E-state index contributed by atoms with van der Waals surface area (Å²) in [5.41, 5.74) is 0.0606. The van der Waals surface area contributed by atoms with Gasteiger partial charge in [-0.15, -0.1) is 0 Å². The van der Waals surface area contributed by atoms with Gasteiger partial charge >= 0.3 is 0 Å². The Labute approximate surface area is 171 Å². The molecule has 9 heteroatoms. The molecule has 1 N–H and O–H groups in total. The first-order valence-electron chi connectivity index (χ1n) is 8.24. The van der Waals surface area contributed by atoms with Crippen molar-refractivity contribution in [2.75, 3.05) is 27.4 Å². The molecule has 0 bridgehead atoms. The number of furan rings is 1. The average Bonchev–Trinajstić information content (AvgIpc) is 3.27. The SMILES string of the molecule is COCCN1C(=O)C(=O)/C(=C(\O)c2cc(Cl)c(OC)c(Cl)c2)C1c1ccco1. The van der Waals surface area contributed by atoms with Crippen molar-refractivity contribution in [3.8, 4) is 5.75 Å². The maximum atomic E-state index is 12.7. The topological polar surface area (TPSA) is 89.2 Å². The third kappa shape index (κ3) is 3.48. The lowest BCUT2D eigenvalue weighted by molar-refractivity contribution is -0.140. The number of ether oxygens (including phenoxy) is 2. The zero-order valence-electron chi connectivity index (χ0n) is 15.1. The van der Waals surface area contributed by atoms with Crippen LogP contribution in [0.5, 0.6) is 5.75 Å². The molecule has 7 nitrogen and oxygen atoms in total. The third-order valence-electron chi connectivity index (χ3n) is 4.36. The van der Waals surface area contributed by atoms with Crippen LogP contribution in [0.1, 0.15) is 17.4 Å². The van der Waals surface area contributed by atoms with Crippen LogP contribution in [0.3, 0.4) is 0 Å². The first kappa shape index (κ1) is 20.3. The van der Waals surface area contributed by atoms with Gasteiger partial charge in [-0.3, -0.25) is 9.59 Å². The molecule has 1 aliphatic heterocycles. The Morgan fingerprint density at radius 2 is 1.93 bits per heavy atom. The van der Waals surface area contributed by atoms with Gasteiger partial charge in [0.05, 0.1) is 35.6 Å². The Hall–Kier alpha value is -2.48. The van der Waals surface area contributed by atoms with E-state index in [-0.39, 0.29) is 40.1 Å². The van der Waals surface area contributed by atoms with Crippen molar-refractivity contribution in [2.24, 2.45) is 0 Å². The van der Waals surface area contributed by atoms with Crippen LogP contribution in [0.15, 0.2) is 40.5 Å². The second kappa shape index (κ2) is 8.26. The molecule has 1 aliphatic rings. The number of carbonyl (C=O) groups is 2. The van der Waals surface area contributed by atoms with E-state index in [2.05, 4.69) is 0 Å². The Balaban J connectivity index is 2.16. The molecule has 0 aliphatic carbocycles. The van der Waals surface area contributed by atoms with Crippen LogP contribution in [0, 0.1) is 0 Å². The molecule has 1 aromatic carbocycles. The fourth-order valence-corrected chi connectivity index (χ4v) is 3.73. The molecule has 0 saturated carbocycles. The van der Waals surface area contributed by atoms with Gasteiger partial charge in [0.1, 0.15) is 17.6 Å². The smallest absolute Gasteiger partial charge is 0.295 e. The van der Waals surface area contributed by atoms with Gasteiger partial charge < -0.3 is 23.9 Å². The monoisotopic (exact) mass is 425 g/mol. The van der Waals surface area contributed by atoms with Crippen LogP contribution in [0.4, 0.5) is 0 Å². The fourth-order valence-electron chi connectivity index (χ4n) is 3.09. The van der Waals surface area contributed by atoms with Crippen molar-refractivity contribution in [2.45, 2.75) is 6.04 Å². The summed E-state index contributed by atoms with van der Waals surface area (Å²) in [6.45, 7) is 0.359. The number of rotatable bonds is 6. The fraction of sp³-hybridized carbons (Fsp3) is 0.263. The van der Waals surface area contributed by atoms with E-state index in [0.717, 1.165) is 0 Å². The lowest BCUT2D eigenvalue weighted by Gasteiger charge is -2.22. The van der Waals surface area contributed by atoms with Crippen LogP contribution in [0.25, 0.3) is 5.76 Å². The molecular weight excluding hydrogens is 409 g/mol. The van der Waals surface area contributed by atoms with Crippen LogP contribution < -0.4 is 4.74 Å². The van der Waals surface area contributed by atoms with E-state index in [1.54, 1.807) is 12.1 Å². The van der Waals surface area contributed by atoms with E-state index >= 15 is 0 Å². The molecule has 28 heavy (non-hydrogen) atoms. The second-order valence-corrected chi connectivity index (χ2v) is 6.79. The summed E-state index contributed by atoms with van der Waals surface area (Å²) in [6, 6.07) is 5.17. The van der Waals surface area contributed by atoms with Gasteiger partial charge in [0.25, 0.3) is 11.7 Å². The molecule has 1 atom stereocenters. The molecule has 2 heterocycles. The van der Waals surface area contributed by atoms with Gasteiger partial charge in [0.2, 0.25) is 0 Å². The predicted octanol–water partition coefficient (Wildman–Crippen LogP) is 3.66. The summed E-state index contributed by atoms with van der Waals surface area (Å²) in [7, 11) is 2.89. The van der Waals surface area contributed by atoms with Crippen molar-refractivity contribution in [3.05, 3.63) is 57.5 Å². The van der Waals surface area contributed by atoms with Crippen molar-refractivity contribution >= 4 is 40.7 Å². The lowest BCUT2D eigenvalue weighted by atomic mass is 9.99. The maximum Gasteiger partial charge on any atom is 0.295 e. The minimum absolute atomic E-state index is 0.117. The van der Waals surface area contributed by atoms with Crippen molar-refractivity contribution < 1.29 is 28.6 Å². The molecule has 0 spiro atoms. The summed E-state index contributed by atoms with van der Waals surface area (Å²) in [6.07, 6.45) is 1.42. The highest BCUT2D eigenvalue weighted by Crippen LogP contribution is 2.41. The summed E-state index contributed by atoms with van der Waals surface area (Å²) in [5, 5.41) is 11.2. The van der Waals surface area contributed by atoms with Crippen molar-refractivity contribution in [3.63, 3.8) is 0 Å². The molecule has 1 amide bonds. The number of ketones is 1. The number of amides is 1. The van der Waals surface area contributed by atoms with Gasteiger partial charge in [-0.2, -0.15) is 0 Å². The number of benzene rings is 1. The summed E-state index contributed by atoms with van der Waals surface area (Å²) < 4.78 is 15.5. The number of carbonyl (C=O) groups excluding carboxylic acids is 2. The number of hydrogen-bond donors (Lipinski definition) is 1. The molecule has 1 saturated heterocycles. The summed E-state index contributed by atoms with van der Waals surface area (Å²) >= 11 is 12.3. The lowest BCUT2D eigenvalue weighted by Crippen LogP contribution is -2.32. The number of halogens is 2. The van der Waals surface area contributed by atoms with Crippen molar-refractivity contribution in [1.29, 1.82) is 0 Å². The minimum Gasteiger partial charge on any atom is -0.507 e. The van der Waals surface area contributed by atoms with E-state index in [1.807, 2.05) is 0 Å². The van der Waals surface area contributed by atoms with E-state index < -0.39 is 23.5 Å². The molecule has 148 valence electrons. The number of aliphatic hydroxyl groups excluding tert-OH is 1. The Kier molecular flexibility index (Phi) is 5.98. The van der Waals surface area contributed by atoms with Gasteiger partial charge in [-0.05, 0) is 24.3 Å². The zero-order valence-corrected chi connectivity index (χ0v) is 16.6. The van der Waals surface area contributed by atoms with Crippen LogP contribution in [0.2, 0.25) is 10.0 Å². The van der Waals surface area contributed by atoms with Crippen LogP contribution >= 0.6 is 23.2 Å². The summed E-state index contributed by atoms with van der Waals surface area (Å²) in [4.78, 5) is 26.6. The molecule has 1 fully saturated rings. The highest BCUT2D eigenvalue weighted by atomic mass is 35.5. The first-order chi connectivity index (χ1) is 13.4. The Morgan fingerprint density at radius 1 is 1.25 bits per heavy atom. The Morgan fingerprint density at radius 3 is 2.46 bits per heavy atom. The highest BCUT2D eigenvalue weighted by Gasteiger charge is 2.47. The molecule has 1 aromatic heterocycles. The largest absolute Gasteiger partial charge is 0.507 e. The third-order valence-corrected chi connectivity index (χ3v) is 4.93. The highest BCUT2D eigenvalue weighted by molar-refractivity contribution is 6.46. The van der Waals surface area contributed by atoms with Gasteiger partial charge in [0.15, 0.2) is 5.75 Å². The van der Waals surface area contributed by atoms with E-state index in [9.17, 15) is 14.7 Å². The van der Waals surface area contributed by atoms with Gasteiger partial charge in [-0.25, -0.2) is 0 Å². The molecule has 0 radical (unpaired) electrons. The number of likely N-dealkylation sites (tertiary alicyclic amines) is 1. The molecule has 2 aromatic rings. The number of aliphatic hydroxyl groups is 1.